The van der Waals surface area contributed by atoms with Crippen molar-refractivity contribution in [1.29, 1.82) is 0 Å². The van der Waals surface area contributed by atoms with Crippen LogP contribution in [0.15, 0.2) is 36.4 Å². The molecular weight excluding hydrogens is 254 g/mol. The van der Waals surface area contributed by atoms with Gasteiger partial charge in [-0.2, -0.15) is 0 Å². The summed E-state index contributed by atoms with van der Waals surface area (Å²) in [7, 11) is 1.63. The lowest BCUT2D eigenvalue weighted by atomic mass is 10.00. The average molecular weight is 269 g/mol. The second-order valence-electron chi connectivity index (χ2n) is 4.75. The maximum absolute atomic E-state index is 11.8. The lowest BCUT2D eigenvalue weighted by Gasteiger charge is -2.20. The highest BCUT2D eigenvalue weighted by atomic mass is 16.5. The summed E-state index contributed by atoms with van der Waals surface area (Å²) in [6.45, 7) is 2.00. The van der Waals surface area contributed by atoms with Crippen molar-refractivity contribution in [2.24, 2.45) is 0 Å². The molecular formula is C16H15NO3. The van der Waals surface area contributed by atoms with Crippen LogP contribution < -0.4 is 14.8 Å². The van der Waals surface area contributed by atoms with Gasteiger partial charge in [0.05, 0.1) is 7.11 Å². The second-order valence-corrected chi connectivity index (χ2v) is 4.75. The minimum Gasteiger partial charge on any atom is -0.497 e. The Hall–Kier alpha value is -2.49. The van der Waals surface area contributed by atoms with Crippen molar-refractivity contribution < 1.29 is 14.3 Å². The summed E-state index contributed by atoms with van der Waals surface area (Å²) in [4.78, 5) is 11.8. The Morgan fingerprint density at radius 3 is 2.80 bits per heavy atom. The molecule has 1 aliphatic rings. The summed E-state index contributed by atoms with van der Waals surface area (Å²) in [6, 6.07) is 11.5. The number of methoxy groups -OCH3 is 1. The normalized spacial score (nSPS) is 13.2. The lowest BCUT2D eigenvalue weighted by Crippen LogP contribution is -2.22. The number of aryl methyl sites for hydroxylation is 1. The Labute approximate surface area is 117 Å². The van der Waals surface area contributed by atoms with Crippen molar-refractivity contribution in [2.75, 3.05) is 19.0 Å². The molecule has 1 N–H and O–H groups in total. The van der Waals surface area contributed by atoms with Crippen LogP contribution in [0.25, 0.3) is 11.1 Å². The first-order valence-electron chi connectivity index (χ1n) is 6.39. The van der Waals surface area contributed by atoms with Crippen LogP contribution in [0.3, 0.4) is 0 Å². The number of carbonyl (C=O) groups is 1. The molecule has 0 saturated carbocycles. The molecule has 102 valence electrons. The fourth-order valence-electron chi connectivity index (χ4n) is 2.30. The van der Waals surface area contributed by atoms with Crippen molar-refractivity contribution in [2.45, 2.75) is 6.92 Å². The summed E-state index contributed by atoms with van der Waals surface area (Å²) < 4.78 is 10.8. The second kappa shape index (κ2) is 4.89. The quantitative estimate of drug-likeness (QED) is 0.865. The maximum Gasteiger partial charge on any atom is 0.262 e. The number of ether oxygens (including phenoxy) is 2. The van der Waals surface area contributed by atoms with Gasteiger partial charge in [-0.05, 0) is 36.8 Å². The smallest absolute Gasteiger partial charge is 0.262 e. The van der Waals surface area contributed by atoms with Crippen LogP contribution in [0.4, 0.5) is 5.69 Å². The highest BCUT2D eigenvalue weighted by molar-refractivity contribution is 5.98. The lowest BCUT2D eigenvalue weighted by molar-refractivity contribution is -0.118. The van der Waals surface area contributed by atoms with Crippen molar-refractivity contribution in [3.8, 4) is 22.6 Å². The van der Waals surface area contributed by atoms with Crippen LogP contribution in [-0.2, 0) is 4.79 Å². The third-order valence-corrected chi connectivity index (χ3v) is 3.28. The van der Waals surface area contributed by atoms with E-state index in [2.05, 4.69) is 5.32 Å². The summed E-state index contributed by atoms with van der Waals surface area (Å²) in [5, 5.41) is 2.88. The molecule has 2 aromatic carbocycles. The van der Waals surface area contributed by atoms with Crippen molar-refractivity contribution >= 4 is 11.6 Å². The zero-order valence-electron chi connectivity index (χ0n) is 11.4. The van der Waals surface area contributed by atoms with Gasteiger partial charge in [0.1, 0.15) is 11.5 Å². The number of fused-ring (bicyclic) bond motifs is 3. The van der Waals surface area contributed by atoms with E-state index in [1.165, 1.54) is 0 Å². The minimum absolute atomic E-state index is 0.00666. The van der Waals surface area contributed by atoms with Gasteiger partial charge in [0.25, 0.3) is 5.91 Å². The number of amides is 1. The average Bonchev–Trinajstić information content (AvgIpc) is 2.44. The molecule has 4 nitrogen and oxygen atoms in total. The van der Waals surface area contributed by atoms with E-state index in [1.807, 2.05) is 43.3 Å². The molecule has 0 saturated heterocycles. The van der Waals surface area contributed by atoms with E-state index < -0.39 is 0 Å². The van der Waals surface area contributed by atoms with Gasteiger partial charge in [0.2, 0.25) is 0 Å². The number of hydrogen-bond acceptors (Lipinski definition) is 3. The molecule has 3 rings (SSSR count). The van der Waals surface area contributed by atoms with Crippen LogP contribution >= 0.6 is 0 Å². The first-order chi connectivity index (χ1) is 9.67. The molecule has 0 radical (unpaired) electrons. The molecule has 0 fully saturated rings. The first-order valence-corrected chi connectivity index (χ1v) is 6.39. The van der Waals surface area contributed by atoms with Gasteiger partial charge in [-0.15, -0.1) is 0 Å². The molecule has 0 atom stereocenters. The molecule has 20 heavy (non-hydrogen) atoms. The van der Waals surface area contributed by atoms with Gasteiger partial charge >= 0.3 is 0 Å². The predicted molar refractivity (Wildman–Crippen MR) is 77.3 cm³/mol. The van der Waals surface area contributed by atoms with Crippen LogP contribution in [0, 0.1) is 6.92 Å². The van der Waals surface area contributed by atoms with E-state index >= 15 is 0 Å². The molecule has 2 aromatic rings. The fraction of sp³-hybridized carbons (Fsp3) is 0.188. The van der Waals surface area contributed by atoms with Crippen molar-refractivity contribution in [3.05, 3.63) is 42.0 Å². The largest absolute Gasteiger partial charge is 0.497 e. The molecule has 1 heterocycles. The number of carbonyl (C=O) groups excluding carboxylic acids is 1. The SMILES string of the molecule is COc1ccc2c(c1)-c1ccc(C)cc1NC(=O)CO2. The Morgan fingerprint density at radius 1 is 1.15 bits per heavy atom. The molecule has 0 unspecified atom stereocenters. The maximum atomic E-state index is 11.8. The fourth-order valence-corrected chi connectivity index (χ4v) is 2.30. The van der Waals surface area contributed by atoms with Gasteiger partial charge in [0.15, 0.2) is 6.61 Å². The predicted octanol–water partition coefficient (Wildman–Crippen LogP) is 3.00. The molecule has 1 amide bonds. The van der Waals surface area contributed by atoms with Gasteiger partial charge in [-0.3, -0.25) is 4.79 Å². The van der Waals surface area contributed by atoms with Crippen LogP contribution in [0.1, 0.15) is 5.56 Å². The molecule has 0 aromatic heterocycles. The molecule has 4 heteroatoms. The van der Waals surface area contributed by atoms with Gasteiger partial charge in [-0.25, -0.2) is 0 Å². The zero-order chi connectivity index (χ0) is 14.1. The number of hydrogen-bond donors (Lipinski definition) is 1. The van der Waals surface area contributed by atoms with Crippen molar-refractivity contribution in [1.82, 2.24) is 0 Å². The number of benzene rings is 2. The molecule has 0 bridgehead atoms. The third-order valence-electron chi connectivity index (χ3n) is 3.28. The van der Waals surface area contributed by atoms with Gasteiger partial charge < -0.3 is 14.8 Å². The van der Waals surface area contributed by atoms with Gasteiger partial charge in [0, 0.05) is 16.8 Å². The molecule has 1 aliphatic heterocycles. The van der Waals surface area contributed by atoms with E-state index in [9.17, 15) is 4.79 Å². The summed E-state index contributed by atoms with van der Waals surface area (Å²) in [5.74, 6) is 1.29. The highest BCUT2D eigenvalue weighted by Gasteiger charge is 2.18. The minimum atomic E-state index is -0.154. The van der Waals surface area contributed by atoms with Crippen LogP contribution in [-0.4, -0.2) is 19.6 Å². The zero-order valence-corrected chi connectivity index (χ0v) is 11.4. The number of rotatable bonds is 1. The third kappa shape index (κ3) is 2.20. The van der Waals surface area contributed by atoms with Crippen LogP contribution in [0.2, 0.25) is 0 Å². The summed E-state index contributed by atoms with van der Waals surface area (Å²) in [6.07, 6.45) is 0. The van der Waals surface area contributed by atoms with Gasteiger partial charge in [-0.1, -0.05) is 12.1 Å². The standard InChI is InChI=1S/C16H15NO3/c1-10-3-5-12-13-8-11(19-2)4-6-15(13)20-9-16(18)17-14(12)7-10/h3-8H,9H2,1-2H3,(H,17,18). The highest BCUT2D eigenvalue weighted by Crippen LogP contribution is 2.39. The monoisotopic (exact) mass is 269 g/mol. The molecule has 0 spiro atoms. The van der Waals surface area contributed by atoms with Crippen LogP contribution in [0.5, 0.6) is 11.5 Å². The Bertz CT molecular complexity index is 679. The topological polar surface area (TPSA) is 47.6 Å². The molecule has 0 aliphatic carbocycles. The van der Waals surface area contributed by atoms with E-state index in [1.54, 1.807) is 7.11 Å². The van der Waals surface area contributed by atoms with E-state index in [4.69, 9.17) is 9.47 Å². The van der Waals surface area contributed by atoms with E-state index in [0.717, 1.165) is 28.1 Å². The Morgan fingerprint density at radius 2 is 2.00 bits per heavy atom. The summed E-state index contributed by atoms with van der Waals surface area (Å²) >= 11 is 0. The summed E-state index contributed by atoms with van der Waals surface area (Å²) in [5.41, 5.74) is 3.74. The first kappa shape index (κ1) is 12.5. The Balaban J connectivity index is 2.23. The number of nitrogens with one attached hydrogen (secondary N) is 1. The van der Waals surface area contributed by atoms with E-state index in [-0.39, 0.29) is 12.5 Å². The van der Waals surface area contributed by atoms with E-state index in [0.29, 0.717) is 5.75 Å². The number of anilines is 1. The van der Waals surface area contributed by atoms with Crippen molar-refractivity contribution in [3.63, 3.8) is 0 Å². The Kier molecular flexibility index (Phi) is 3.06.